The second-order valence-corrected chi connectivity index (χ2v) is 5.64. The summed E-state index contributed by atoms with van der Waals surface area (Å²) in [4.78, 5) is 0. The minimum atomic E-state index is -0.269. The van der Waals surface area contributed by atoms with E-state index in [1.807, 2.05) is 24.3 Å². The largest absolute Gasteiger partial charge is 0.372 e. The summed E-state index contributed by atoms with van der Waals surface area (Å²) in [5.74, 6) is -0.269. The third-order valence-electron chi connectivity index (χ3n) is 3.73. The van der Waals surface area contributed by atoms with Gasteiger partial charge in [0.15, 0.2) is 0 Å². The molecule has 0 unspecified atom stereocenters. The lowest BCUT2D eigenvalue weighted by molar-refractivity contribution is 0.0545. The third-order valence-corrected chi connectivity index (χ3v) is 3.96. The molecule has 0 radical (unpaired) electrons. The Morgan fingerprint density at radius 3 is 2.86 bits per heavy atom. The quantitative estimate of drug-likeness (QED) is 0.921. The first-order chi connectivity index (χ1) is 10.2. The van der Waals surface area contributed by atoms with Gasteiger partial charge in [-0.15, -0.1) is 0 Å². The summed E-state index contributed by atoms with van der Waals surface area (Å²) >= 11 is 5.99. The Kier molecular flexibility index (Phi) is 4.54. The average molecular weight is 306 g/mol. The molecule has 1 aliphatic rings. The van der Waals surface area contributed by atoms with E-state index in [1.54, 1.807) is 12.1 Å². The summed E-state index contributed by atoms with van der Waals surface area (Å²) in [5, 5.41) is 3.80. The fourth-order valence-electron chi connectivity index (χ4n) is 2.59. The molecule has 1 aliphatic heterocycles. The number of hydrogen-bond donors (Lipinski definition) is 1. The van der Waals surface area contributed by atoms with E-state index in [0.29, 0.717) is 17.2 Å². The Bertz CT molecular complexity index is 626. The summed E-state index contributed by atoms with van der Waals surface area (Å²) < 4.78 is 20.0. The van der Waals surface area contributed by atoms with E-state index in [9.17, 15) is 4.39 Å². The predicted octanol–water partition coefficient (Wildman–Crippen LogP) is 4.02. The van der Waals surface area contributed by atoms with Gasteiger partial charge in [0.05, 0.1) is 12.7 Å². The maximum Gasteiger partial charge on any atom is 0.131 e. The second kappa shape index (κ2) is 6.56. The van der Waals surface area contributed by atoms with Crippen LogP contribution in [0.5, 0.6) is 0 Å². The van der Waals surface area contributed by atoms with Crippen molar-refractivity contribution in [3.63, 3.8) is 0 Å². The van der Waals surface area contributed by atoms with E-state index < -0.39 is 0 Å². The van der Waals surface area contributed by atoms with Crippen molar-refractivity contribution in [2.75, 3.05) is 13.1 Å². The van der Waals surface area contributed by atoms with Crippen LogP contribution in [0, 0.1) is 5.82 Å². The van der Waals surface area contributed by atoms with Crippen LogP contribution < -0.4 is 5.32 Å². The summed E-state index contributed by atoms with van der Waals surface area (Å²) in [6.45, 7) is 2.36. The average Bonchev–Trinajstić information content (AvgIpc) is 3.01. The molecule has 0 aliphatic carbocycles. The Morgan fingerprint density at radius 2 is 2.05 bits per heavy atom. The third kappa shape index (κ3) is 3.43. The smallest absolute Gasteiger partial charge is 0.131 e. The Hall–Kier alpha value is -1.42. The molecule has 2 nitrogen and oxygen atoms in total. The van der Waals surface area contributed by atoms with E-state index in [-0.39, 0.29) is 11.9 Å². The van der Waals surface area contributed by atoms with Crippen molar-refractivity contribution < 1.29 is 9.13 Å². The molecule has 0 amide bonds. The first-order valence-corrected chi connectivity index (χ1v) is 7.47. The van der Waals surface area contributed by atoms with Crippen LogP contribution in [0.3, 0.4) is 0 Å². The molecule has 1 heterocycles. The van der Waals surface area contributed by atoms with E-state index in [0.717, 1.165) is 30.6 Å². The minimum Gasteiger partial charge on any atom is -0.372 e. The van der Waals surface area contributed by atoms with Gasteiger partial charge in [-0.25, -0.2) is 4.39 Å². The highest BCUT2D eigenvalue weighted by molar-refractivity contribution is 6.30. The zero-order valence-electron chi connectivity index (χ0n) is 11.6. The number of rotatable bonds is 4. The molecule has 0 saturated carbocycles. The van der Waals surface area contributed by atoms with E-state index in [2.05, 4.69) is 5.32 Å². The van der Waals surface area contributed by atoms with Crippen LogP contribution >= 0.6 is 11.6 Å². The molecule has 0 aromatic heterocycles. The molecule has 0 spiro atoms. The molecule has 1 N–H and O–H groups in total. The van der Waals surface area contributed by atoms with Crippen LogP contribution in [0.2, 0.25) is 5.02 Å². The molecule has 4 heteroatoms. The highest BCUT2D eigenvalue weighted by Gasteiger charge is 2.16. The van der Waals surface area contributed by atoms with Crippen molar-refractivity contribution in [1.29, 1.82) is 0 Å². The van der Waals surface area contributed by atoms with Gasteiger partial charge in [0.25, 0.3) is 0 Å². The molecule has 21 heavy (non-hydrogen) atoms. The van der Waals surface area contributed by atoms with Gasteiger partial charge in [0.1, 0.15) is 5.82 Å². The lowest BCUT2D eigenvalue weighted by Gasteiger charge is -2.14. The fourth-order valence-corrected chi connectivity index (χ4v) is 2.76. The van der Waals surface area contributed by atoms with Gasteiger partial charge in [-0.3, -0.25) is 0 Å². The number of halogens is 2. The van der Waals surface area contributed by atoms with Crippen LogP contribution in [-0.2, 0) is 11.3 Å². The topological polar surface area (TPSA) is 21.3 Å². The molecule has 1 saturated heterocycles. The van der Waals surface area contributed by atoms with Crippen molar-refractivity contribution >= 4 is 11.6 Å². The lowest BCUT2D eigenvalue weighted by atomic mass is 9.99. The van der Waals surface area contributed by atoms with E-state index in [4.69, 9.17) is 16.3 Å². The van der Waals surface area contributed by atoms with Gasteiger partial charge in [-0.1, -0.05) is 35.9 Å². The Morgan fingerprint density at radius 1 is 1.19 bits per heavy atom. The molecule has 2 aromatic rings. The van der Waals surface area contributed by atoms with Crippen LogP contribution in [0.15, 0.2) is 42.5 Å². The lowest BCUT2D eigenvalue weighted by Crippen LogP contribution is -2.16. The number of nitrogens with one attached hydrogen (secondary N) is 1. The van der Waals surface area contributed by atoms with Crippen molar-refractivity contribution in [2.24, 2.45) is 0 Å². The predicted molar refractivity (Wildman–Crippen MR) is 82.9 cm³/mol. The van der Waals surface area contributed by atoms with Gasteiger partial charge in [-0.05, 0) is 42.3 Å². The SMILES string of the molecule is Fc1ccc(Cl)cc1-c1ccccc1CO[C@H]1CCNC1. The van der Waals surface area contributed by atoms with E-state index in [1.165, 1.54) is 6.07 Å². The maximum atomic E-state index is 14.1. The molecule has 3 rings (SSSR count). The van der Waals surface area contributed by atoms with Gasteiger partial charge < -0.3 is 10.1 Å². The molecule has 0 bridgehead atoms. The van der Waals surface area contributed by atoms with Gasteiger partial charge in [-0.2, -0.15) is 0 Å². The van der Waals surface area contributed by atoms with Crippen molar-refractivity contribution in [1.82, 2.24) is 5.32 Å². The summed E-state index contributed by atoms with van der Waals surface area (Å²) in [6, 6.07) is 12.3. The standard InChI is InChI=1S/C17H17ClFNO/c18-13-5-6-17(19)16(9-13)15-4-2-1-3-12(15)11-21-14-7-8-20-10-14/h1-6,9,14,20H,7-8,10-11H2/t14-/m0/s1. The zero-order valence-corrected chi connectivity index (χ0v) is 12.4. The highest BCUT2D eigenvalue weighted by atomic mass is 35.5. The molecule has 1 fully saturated rings. The van der Waals surface area contributed by atoms with Gasteiger partial charge >= 0.3 is 0 Å². The number of benzene rings is 2. The molecular formula is C17H17ClFNO. The minimum absolute atomic E-state index is 0.238. The first-order valence-electron chi connectivity index (χ1n) is 7.09. The summed E-state index contributed by atoms with van der Waals surface area (Å²) in [6.07, 6.45) is 1.26. The fraction of sp³-hybridized carbons (Fsp3) is 0.294. The monoisotopic (exact) mass is 305 g/mol. The molecule has 2 aromatic carbocycles. The first kappa shape index (κ1) is 14.5. The molecular weight excluding hydrogens is 289 g/mol. The molecule has 1 atom stereocenters. The van der Waals surface area contributed by atoms with Crippen molar-refractivity contribution in [2.45, 2.75) is 19.1 Å². The normalized spacial score (nSPS) is 18.1. The highest BCUT2D eigenvalue weighted by Crippen LogP contribution is 2.29. The van der Waals surface area contributed by atoms with Crippen molar-refractivity contribution in [3.05, 3.63) is 58.9 Å². The Balaban J connectivity index is 1.86. The second-order valence-electron chi connectivity index (χ2n) is 5.21. The van der Waals surface area contributed by atoms with Gasteiger partial charge in [0.2, 0.25) is 0 Å². The van der Waals surface area contributed by atoms with Crippen LogP contribution in [0.4, 0.5) is 4.39 Å². The summed E-state index contributed by atoms with van der Waals surface area (Å²) in [5.41, 5.74) is 2.33. The van der Waals surface area contributed by atoms with Crippen LogP contribution in [0.1, 0.15) is 12.0 Å². The van der Waals surface area contributed by atoms with Gasteiger partial charge in [0, 0.05) is 17.1 Å². The van der Waals surface area contributed by atoms with Crippen LogP contribution in [-0.4, -0.2) is 19.2 Å². The molecule has 110 valence electrons. The van der Waals surface area contributed by atoms with E-state index >= 15 is 0 Å². The Labute approximate surface area is 128 Å². The van der Waals surface area contributed by atoms with Crippen LogP contribution in [0.25, 0.3) is 11.1 Å². The number of hydrogen-bond acceptors (Lipinski definition) is 2. The zero-order chi connectivity index (χ0) is 14.7. The summed E-state index contributed by atoms with van der Waals surface area (Å²) in [7, 11) is 0. The maximum absolute atomic E-state index is 14.1. The number of ether oxygens (including phenoxy) is 1. The van der Waals surface area contributed by atoms with Crippen molar-refractivity contribution in [3.8, 4) is 11.1 Å².